The van der Waals surface area contributed by atoms with Crippen LogP contribution in [0.25, 0.3) is 0 Å². The van der Waals surface area contributed by atoms with E-state index >= 15 is 0 Å². The van der Waals surface area contributed by atoms with Gasteiger partial charge < -0.3 is 9.47 Å². The Balaban J connectivity index is 1.68. The van der Waals surface area contributed by atoms with Gasteiger partial charge in [0.05, 0.1) is 24.3 Å². The van der Waals surface area contributed by atoms with Crippen LogP contribution in [0.4, 0.5) is 0 Å². The summed E-state index contributed by atoms with van der Waals surface area (Å²) in [6.07, 6.45) is 0.810. The number of carbonyl (C=O) groups excluding carboxylic acids is 2. The van der Waals surface area contributed by atoms with Crippen LogP contribution in [0.15, 0.2) is 60.7 Å². The zero-order valence-electron chi connectivity index (χ0n) is 14.7. The van der Waals surface area contributed by atoms with Crippen molar-refractivity contribution < 1.29 is 19.1 Å². The molecule has 2 aromatic carbocycles. The van der Waals surface area contributed by atoms with Crippen molar-refractivity contribution in [1.29, 1.82) is 0 Å². The van der Waals surface area contributed by atoms with Crippen LogP contribution in [0.1, 0.15) is 41.0 Å². The summed E-state index contributed by atoms with van der Waals surface area (Å²) in [5, 5.41) is 0. The predicted octanol–water partition coefficient (Wildman–Crippen LogP) is 4.36. The van der Waals surface area contributed by atoms with E-state index in [0.717, 1.165) is 6.42 Å². The Morgan fingerprint density at radius 3 is 1.44 bits per heavy atom. The predicted molar refractivity (Wildman–Crippen MR) is 96.4 cm³/mol. The molecular weight excluding hydrogens is 316 g/mol. The van der Waals surface area contributed by atoms with Crippen molar-refractivity contribution in [2.24, 2.45) is 11.8 Å². The van der Waals surface area contributed by atoms with Crippen LogP contribution in [0, 0.1) is 11.8 Å². The minimum absolute atomic E-state index is 0.193. The first-order valence-electron chi connectivity index (χ1n) is 8.50. The lowest BCUT2D eigenvalue weighted by Crippen LogP contribution is -2.18. The van der Waals surface area contributed by atoms with Gasteiger partial charge in [0.15, 0.2) is 0 Å². The lowest BCUT2D eigenvalue weighted by atomic mass is 9.99. The van der Waals surface area contributed by atoms with Crippen LogP contribution in [0.3, 0.4) is 0 Å². The van der Waals surface area contributed by atoms with Crippen molar-refractivity contribution in [2.45, 2.75) is 20.3 Å². The molecule has 4 nitrogen and oxygen atoms in total. The first-order valence-corrected chi connectivity index (χ1v) is 8.50. The summed E-state index contributed by atoms with van der Waals surface area (Å²) >= 11 is 0. The molecule has 0 radical (unpaired) electrons. The highest BCUT2D eigenvalue weighted by Gasteiger charge is 2.15. The Labute approximate surface area is 148 Å². The van der Waals surface area contributed by atoms with Gasteiger partial charge in [0.2, 0.25) is 0 Å². The number of benzene rings is 2. The SMILES string of the molecule is C[C@@H](COC(=O)c1ccccc1)C[C@@H](C)COC(=O)c1ccccc1. The first kappa shape index (κ1) is 18.7. The molecule has 0 N–H and O–H groups in total. The molecule has 0 aliphatic carbocycles. The number of hydrogen-bond donors (Lipinski definition) is 0. The van der Waals surface area contributed by atoms with E-state index < -0.39 is 0 Å². The van der Waals surface area contributed by atoms with E-state index in [9.17, 15) is 9.59 Å². The molecule has 0 saturated heterocycles. The molecule has 0 aliphatic rings. The lowest BCUT2D eigenvalue weighted by Gasteiger charge is -2.17. The molecule has 0 unspecified atom stereocenters. The van der Waals surface area contributed by atoms with Gasteiger partial charge in [-0.1, -0.05) is 50.2 Å². The summed E-state index contributed by atoms with van der Waals surface area (Å²) in [5.41, 5.74) is 1.11. The molecule has 0 fully saturated rings. The molecule has 2 aromatic rings. The summed E-state index contributed by atoms with van der Waals surface area (Å²) in [7, 11) is 0. The van der Waals surface area contributed by atoms with Crippen LogP contribution in [0.5, 0.6) is 0 Å². The second kappa shape index (κ2) is 9.62. The minimum Gasteiger partial charge on any atom is -0.462 e. The molecular formula is C21H24O4. The summed E-state index contributed by atoms with van der Waals surface area (Å²) in [5.74, 6) is -0.234. The van der Waals surface area contributed by atoms with Crippen LogP contribution in [0.2, 0.25) is 0 Å². The van der Waals surface area contributed by atoms with Crippen molar-refractivity contribution in [1.82, 2.24) is 0 Å². The molecule has 0 bridgehead atoms. The van der Waals surface area contributed by atoms with Crippen molar-refractivity contribution in [2.75, 3.05) is 13.2 Å². The van der Waals surface area contributed by atoms with Gasteiger partial charge in [-0.3, -0.25) is 0 Å². The van der Waals surface area contributed by atoms with Gasteiger partial charge in [0.1, 0.15) is 0 Å². The van der Waals surface area contributed by atoms with Crippen LogP contribution in [-0.2, 0) is 9.47 Å². The summed E-state index contributed by atoms with van der Waals surface area (Å²) in [6.45, 7) is 4.75. The highest BCUT2D eigenvalue weighted by Crippen LogP contribution is 2.14. The van der Waals surface area contributed by atoms with Gasteiger partial charge in [-0.15, -0.1) is 0 Å². The topological polar surface area (TPSA) is 52.6 Å². The fraction of sp³-hybridized carbons (Fsp3) is 0.333. The Hall–Kier alpha value is -2.62. The monoisotopic (exact) mass is 340 g/mol. The molecule has 0 amide bonds. The van der Waals surface area contributed by atoms with Gasteiger partial charge in [-0.25, -0.2) is 9.59 Å². The van der Waals surface area contributed by atoms with E-state index in [1.807, 2.05) is 50.2 Å². The van der Waals surface area contributed by atoms with Crippen molar-refractivity contribution in [3.05, 3.63) is 71.8 Å². The maximum atomic E-state index is 11.9. The number of esters is 2. The van der Waals surface area contributed by atoms with E-state index in [1.54, 1.807) is 24.3 Å². The second-order valence-electron chi connectivity index (χ2n) is 6.38. The Bertz CT molecular complexity index is 607. The minimum atomic E-state index is -0.310. The Morgan fingerprint density at radius 1 is 0.720 bits per heavy atom. The fourth-order valence-electron chi connectivity index (χ4n) is 2.57. The lowest BCUT2D eigenvalue weighted by molar-refractivity contribution is 0.0376. The molecule has 2 atom stereocenters. The second-order valence-corrected chi connectivity index (χ2v) is 6.38. The average molecular weight is 340 g/mol. The maximum Gasteiger partial charge on any atom is 0.338 e. The average Bonchev–Trinajstić information content (AvgIpc) is 2.65. The summed E-state index contributed by atoms with van der Waals surface area (Å²) in [4.78, 5) is 23.8. The molecule has 25 heavy (non-hydrogen) atoms. The quantitative estimate of drug-likeness (QED) is 0.670. The first-order chi connectivity index (χ1) is 12.1. The number of carbonyl (C=O) groups is 2. The van der Waals surface area contributed by atoms with E-state index in [-0.39, 0.29) is 23.8 Å². The number of hydrogen-bond acceptors (Lipinski definition) is 4. The molecule has 0 spiro atoms. The highest BCUT2D eigenvalue weighted by molar-refractivity contribution is 5.89. The standard InChI is InChI=1S/C21H24O4/c1-16(14-24-20(22)18-9-5-3-6-10-18)13-17(2)15-25-21(23)19-11-7-4-8-12-19/h3-12,16-17H,13-15H2,1-2H3/t16-,17-/m1/s1. The third-order valence-corrected chi connectivity index (χ3v) is 3.82. The zero-order chi connectivity index (χ0) is 18.1. The highest BCUT2D eigenvalue weighted by atomic mass is 16.5. The number of rotatable bonds is 8. The van der Waals surface area contributed by atoms with Crippen LogP contribution >= 0.6 is 0 Å². The maximum absolute atomic E-state index is 11.9. The molecule has 132 valence electrons. The summed E-state index contributed by atoms with van der Waals surface area (Å²) < 4.78 is 10.7. The van der Waals surface area contributed by atoms with Gasteiger partial charge >= 0.3 is 11.9 Å². The number of ether oxygens (including phenoxy) is 2. The van der Waals surface area contributed by atoms with Crippen molar-refractivity contribution in [3.63, 3.8) is 0 Å². The Kier molecular flexibility index (Phi) is 7.20. The zero-order valence-corrected chi connectivity index (χ0v) is 14.7. The van der Waals surface area contributed by atoms with Gasteiger partial charge in [-0.2, -0.15) is 0 Å². The van der Waals surface area contributed by atoms with Gasteiger partial charge in [-0.05, 0) is 42.5 Å². The molecule has 0 aliphatic heterocycles. The van der Waals surface area contributed by atoms with Crippen molar-refractivity contribution >= 4 is 11.9 Å². The largest absolute Gasteiger partial charge is 0.462 e. The fourth-order valence-corrected chi connectivity index (χ4v) is 2.57. The third kappa shape index (κ3) is 6.42. The van der Waals surface area contributed by atoms with E-state index in [4.69, 9.17) is 9.47 Å². The van der Waals surface area contributed by atoms with Crippen LogP contribution in [-0.4, -0.2) is 25.2 Å². The van der Waals surface area contributed by atoms with Gasteiger partial charge in [0, 0.05) is 0 Å². The summed E-state index contributed by atoms with van der Waals surface area (Å²) in [6, 6.07) is 17.9. The molecule has 4 heteroatoms. The van der Waals surface area contributed by atoms with E-state index in [2.05, 4.69) is 0 Å². The van der Waals surface area contributed by atoms with E-state index in [1.165, 1.54) is 0 Å². The molecule has 0 aromatic heterocycles. The molecule has 0 heterocycles. The smallest absolute Gasteiger partial charge is 0.338 e. The molecule has 0 saturated carbocycles. The third-order valence-electron chi connectivity index (χ3n) is 3.82. The Morgan fingerprint density at radius 2 is 1.08 bits per heavy atom. The van der Waals surface area contributed by atoms with E-state index in [0.29, 0.717) is 24.3 Å². The van der Waals surface area contributed by atoms with Crippen molar-refractivity contribution in [3.8, 4) is 0 Å². The van der Waals surface area contributed by atoms with Gasteiger partial charge in [0.25, 0.3) is 0 Å². The van der Waals surface area contributed by atoms with Crippen LogP contribution < -0.4 is 0 Å². The molecule has 2 rings (SSSR count). The normalized spacial score (nSPS) is 12.9.